The fraction of sp³-hybridized carbons (Fsp3) is 0.550. The van der Waals surface area contributed by atoms with Gasteiger partial charge in [-0.15, -0.1) is 0 Å². The Bertz CT molecular complexity index is 1590. The van der Waals surface area contributed by atoms with Crippen molar-refractivity contribution < 1.29 is 99.3 Å². The third kappa shape index (κ3) is 19.4. The molecule has 3 rings (SSSR count). The van der Waals surface area contributed by atoms with Gasteiger partial charge in [0.25, 0.3) is 0 Å². The van der Waals surface area contributed by atoms with E-state index in [1.807, 2.05) is 78.9 Å². The van der Waals surface area contributed by atoms with Gasteiger partial charge in [-0.3, -0.25) is 0 Å². The molecule has 0 aliphatic heterocycles. The van der Waals surface area contributed by atoms with Gasteiger partial charge in [-0.25, -0.2) is 16.8 Å². The van der Waals surface area contributed by atoms with Crippen molar-refractivity contribution in [2.45, 2.75) is 89.6 Å². The fourth-order valence-corrected chi connectivity index (χ4v) is 7.47. The molecule has 54 heavy (non-hydrogen) atoms. The minimum atomic E-state index is -4.32. The molecule has 0 fully saturated rings. The van der Waals surface area contributed by atoms with E-state index < -0.39 is 37.3 Å². The minimum absolute atomic E-state index is 0. The summed E-state index contributed by atoms with van der Waals surface area (Å²) in [5.74, 6) is 0.606. The number of ether oxygens (including phenoxy) is 3. The predicted octanol–water partition coefficient (Wildman–Crippen LogP) is 1.48. The normalized spacial score (nSPS) is 12.8. The molecule has 3 aromatic carbocycles. The van der Waals surface area contributed by atoms with E-state index in [0.717, 1.165) is 35.3 Å². The Labute approximate surface area is 369 Å². The van der Waals surface area contributed by atoms with Crippen LogP contribution in [-0.4, -0.2) is 82.3 Å². The molecular formula is C40H57NNa2O9S2. The molecule has 0 heterocycles. The van der Waals surface area contributed by atoms with Crippen LogP contribution in [0.5, 0.6) is 11.5 Å². The topological polar surface area (TPSA) is 145 Å². The molecule has 3 aromatic rings. The van der Waals surface area contributed by atoms with Crippen molar-refractivity contribution in [2.24, 2.45) is 0 Å². The quantitative estimate of drug-likeness (QED) is 0.0458. The van der Waals surface area contributed by atoms with E-state index in [0.29, 0.717) is 44.8 Å². The summed E-state index contributed by atoms with van der Waals surface area (Å²) < 4.78 is 85.6. The summed E-state index contributed by atoms with van der Waals surface area (Å²) in [6, 6.07) is 25.8. The van der Waals surface area contributed by atoms with E-state index >= 15 is 0 Å². The van der Waals surface area contributed by atoms with Gasteiger partial charge in [0.2, 0.25) is 0 Å². The van der Waals surface area contributed by atoms with Crippen LogP contribution in [0.2, 0.25) is 0 Å². The van der Waals surface area contributed by atoms with Crippen LogP contribution in [0.15, 0.2) is 78.9 Å². The molecule has 0 aromatic heterocycles. The Morgan fingerprint density at radius 2 is 1.02 bits per heavy atom. The standard InChI is InChI=1S/C40H59NO9S2.2Na/c1-3-4-5-6-7-8-9-15-31-49-39-26-22-37(23-27-39)40(35-18-11-10-12-19-35,36-20-24-38(48-2)25-21-36)50-32-30-41(28-13-16-33-51(42,43)44)29-14-17-34-52(45,46)47;;/h10-12,18-27H,3-9,13-17,28-34H2,1-2H3,(H,42,43,44)(H,45,46,47);;/q;2*+1/p-2. The van der Waals surface area contributed by atoms with Gasteiger partial charge in [0, 0.05) is 18.1 Å². The van der Waals surface area contributed by atoms with Gasteiger partial charge in [-0.2, -0.15) is 0 Å². The summed E-state index contributed by atoms with van der Waals surface area (Å²) in [5, 5.41) is 0. The zero-order valence-electron chi connectivity index (χ0n) is 32.9. The van der Waals surface area contributed by atoms with E-state index in [1.165, 1.54) is 38.5 Å². The molecule has 1 atom stereocenters. The molecule has 14 heteroatoms. The van der Waals surface area contributed by atoms with E-state index in [4.69, 9.17) is 14.2 Å². The maximum Gasteiger partial charge on any atom is 1.00 e. The average molecular weight is 806 g/mol. The molecule has 0 saturated carbocycles. The van der Waals surface area contributed by atoms with Gasteiger partial charge in [-0.1, -0.05) is 106 Å². The third-order valence-electron chi connectivity index (χ3n) is 9.17. The van der Waals surface area contributed by atoms with Crippen LogP contribution in [0, 0.1) is 0 Å². The molecule has 0 radical (unpaired) electrons. The average Bonchev–Trinajstić information content (AvgIpc) is 3.12. The summed E-state index contributed by atoms with van der Waals surface area (Å²) in [4.78, 5) is 2.06. The Kier molecular flexibility index (Phi) is 26.1. The van der Waals surface area contributed by atoms with Gasteiger partial charge < -0.3 is 28.2 Å². The van der Waals surface area contributed by atoms with Crippen molar-refractivity contribution in [3.63, 3.8) is 0 Å². The number of unbranched alkanes of at least 4 members (excludes halogenated alkanes) is 9. The number of hydrogen-bond acceptors (Lipinski definition) is 10. The summed E-state index contributed by atoms with van der Waals surface area (Å²) in [6.07, 6.45) is 11.2. The molecule has 0 aliphatic carbocycles. The smallest absolute Gasteiger partial charge is 0.748 e. The zero-order chi connectivity index (χ0) is 37.7. The maximum atomic E-state index is 11.2. The van der Waals surface area contributed by atoms with Crippen LogP contribution >= 0.6 is 0 Å². The maximum absolute atomic E-state index is 11.2. The van der Waals surface area contributed by atoms with E-state index in [1.54, 1.807) is 7.11 Å². The number of nitrogens with zero attached hydrogens (tertiary/aromatic N) is 1. The van der Waals surface area contributed by atoms with Crippen LogP contribution < -0.4 is 68.6 Å². The molecule has 290 valence electrons. The van der Waals surface area contributed by atoms with Crippen LogP contribution in [0.25, 0.3) is 0 Å². The van der Waals surface area contributed by atoms with Crippen molar-refractivity contribution in [1.29, 1.82) is 0 Å². The van der Waals surface area contributed by atoms with Crippen molar-refractivity contribution >= 4 is 20.2 Å². The van der Waals surface area contributed by atoms with Crippen LogP contribution in [0.3, 0.4) is 0 Å². The molecule has 1 unspecified atom stereocenters. The number of rotatable bonds is 28. The SMILES string of the molecule is CCCCCCCCCCOc1ccc(C(OCCN(CCCCS(=O)(=O)[O-])CCCCS(=O)(=O)[O-])(c2ccccc2)c2ccc(OC)cc2)cc1.[Na+].[Na+]. The first-order chi connectivity index (χ1) is 25.0. The number of hydrogen-bond donors (Lipinski definition) is 0. The molecule has 0 N–H and O–H groups in total. The largest absolute Gasteiger partial charge is 1.00 e. The van der Waals surface area contributed by atoms with Gasteiger partial charge >= 0.3 is 59.1 Å². The Morgan fingerprint density at radius 3 is 1.50 bits per heavy atom. The molecule has 0 amide bonds. The van der Waals surface area contributed by atoms with Gasteiger partial charge in [-0.05, 0) is 86.1 Å². The minimum Gasteiger partial charge on any atom is -0.748 e. The Balaban J connectivity index is 0.00000729. The predicted molar refractivity (Wildman–Crippen MR) is 204 cm³/mol. The molecular weight excluding hydrogens is 749 g/mol. The second-order valence-corrected chi connectivity index (χ2v) is 16.3. The monoisotopic (exact) mass is 805 g/mol. The summed E-state index contributed by atoms with van der Waals surface area (Å²) in [5.41, 5.74) is 1.68. The van der Waals surface area contributed by atoms with Crippen LogP contribution in [0.4, 0.5) is 0 Å². The third-order valence-corrected chi connectivity index (χ3v) is 10.7. The molecule has 0 bridgehead atoms. The molecule has 0 saturated heterocycles. The fourth-order valence-electron chi connectivity index (χ4n) is 6.35. The van der Waals surface area contributed by atoms with E-state index in [2.05, 4.69) is 11.8 Å². The van der Waals surface area contributed by atoms with Crippen molar-refractivity contribution in [1.82, 2.24) is 4.90 Å². The van der Waals surface area contributed by atoms with E-state index in [9.17, 15) is 25.9 Å². The Hall–Kier alpha value is -1.000. The first kappa shape index (κ1) is 51.0. The van der Waals surface area contributed by atoms with Gasteiger partial charge in [0.05, 0.1) is 40.6 Å². The van der Waals surface area contributed by atoms with Crippen molar-refractivity contribution in [3.8, 4) is 11.5 Å². The van der Waals surface area contributed by atoms with Crippen molar-refractivity contribution in [3.05, 3.63) is 95.6 Å². The summed E-state index contributed by atoms with van der Waals surface area (Å²) >= 11 is 0. The second-order valence-electron chi connectivity index (χ2n) is 13.3. The first-order valence-corrected chi connectivity index (χ1v) is 21.8. The van der Waals surface area contributed by atoms with Crippen molar-refractivity contribution in [2.75, 3.05) is 51.5 Å². The number of methoxy groups -OCH3 is 1. The Morgan fingerprint density at radius 1 is 0.556 bits per heavy atom. The molecule has 0 spiro atoms. The zero-order valence-corrected chi connectivity index (χ0v) is 38.5. The number of benzene rings is 3. The van der Waals surface area contributed by atoms with E-state index in [-0.39, 0.29) is 78.6 Å². The summed E-state index contributed by atoms with van der Waals surface area (Å²) in [7, 11) is -7.02. The van der Waals surface area contributed by atoms with Gasteiger partial charge in [0.15, 0.2) is 0 Å². The van der Waals surface area contributed by atoms with Gasteiger partial charge in [0.1, 0.15) is 17.1 Å². The first-order valence-electron chi connectivity index (χ1n) is 18.6. The molecule has 0 aliphatic rings. The summed E-state index contributed by atoms with van der Waals surface area (Å²) in [6.45, 7) is 4.56. The second kappa shape index (κ2) is 27.6. The van der Waals surface area contributed by atoms with Crippen LogP contribution in [0.1, 0.15) is 101 Å². The molecule has 10 nitrogen and oxygen atoms in total. The van der Waals surface area contributed by atoms with Crippen LogP contribution in [-0.2, 0) is 30.6 Å².